The van der Waals surface area contributed by atoms with E-state index in [1.54, 1.807) is 0 Å². The molecule has 0 aliphatic carbocycles. The first-order valence-electron chi connectivity index (χ1n) is 9.29. The van der Waals surface area contributed by atoms with Crippen LogP contribution < -0.4 is 11.1 Å². The molecule has 2 aliphatic rings. The number of aromatic nitrogens is 1. The van der Waals surface area contributed by atoms with E-state index in [0.29, 0.717) is 0 Å². The fourth-order valence-electron chi connectivity index (χ4n) is 3.71. The van der Waals surface area contributed by atoms with E-state index in [4.69, 9.17) is 10.5 Å². The van der Waals surface area contributed by atoms with Crippen molar-refractivity contribution in [2.45, 2.75) is 12.0 Å². The van der Waals surface area contributed by atoms with Gasteiger partial charge in [0.25, 0.3) is 12.3 Å². The van der Waals surface area contributed by atoms with Gasteiger partial charge >= 0.3 is 0 Å². The van der Waals surface area contributed by atoms with Gasteiger partial charge in [-0.2, -0.15) is 0 Å². The summed E-state index contributed by atoms with van der Waals surface area (Å²) in [6.07, 6.45) is -1.79. The molecule has 0 spiro atoms. The molecule has 2 atom stereocenters. The maximum atomic E-state index is 14.8. The van der Waals surface area contributed by atoms with Crippen molar-refractivity contribution in [2.75, 3.05) is 25.6 Å². The quantitative estimate of drug-likeness (QED) is 0.767. The number of aliphatic imine (C=N–C) groups is 1. The van der Waals surface area contributed by atoms with Crippen molar-refractivity contribution < 1.29 is 27.5 Å². The van der Waals surface area contributed by atoms with Gasteiger partial charge in [-0.25, -0.2) is 18.2 Å². The summed E-state index contributed by atoms with van der Waals surface area (Å²) in [6, 6.07) is 6.09. The molecule has 1 fully saturated rings. The van der Waals surface area contributed by atoms with Crippen LogP contribution in [0.25, 0.3) is 0 Å². The normalized spacial score (nSPS) is 23.0. The lowest BCUT2D eigenvalue weighted by Gasteiger charge is -2.37. The number of hydrogen-bond acceptors (Lipinski definition) is 6. The monoisotopic (exact) mass is 433 g/mol. The van der Waals surface area contributed by atoms with Gasteiger partial charge in [0.1, 0.15) is 17.1 Å². The highest BCUT2D eigenvalue weighted by Gasteiger charge is 2.54. The van der Waals surface area contributed by atoms with Gasteiger partial charge in [0, 0.05) is 30.1 Å². The Morgan fingerprint density at radius 2 is 2.13 bits per heavy atom. The van der Waals surface area contributed by atoms with E-state index in [9.17, 15) is 22.8 Å². The molecule has 0 saturated carbocycles. The second-order valence-corrected chi connectivity index (χ2v) is 7.29. The van der Waals surface area contributed by atoms with Gasteiger partial charge in [-0.05, 0) is 30.3 Å². The minimum Gasteiger partial charge on any atom is -0.378 e. The maximum absolute atomic E-state index is 14.8. The average Bonchev–Trinajstić information content (AvgIpc) is 3.18. The van der Waals surface area contributed by atoms with Gasteiger partial charge in [-0.15, -0.1) is 0 Å². The molecule has 3 heterocycles. The van der Waals surface area contributed by atoms with Crippen molar-refractivity contribution in [3.05, 3.63) is 59.2 Å². The zero-order valence-electron chi connectivity index (χ0n) is 16.3. The zero-order valence-corrected chi connectivity index (χ0v) is 16.3. The maximum Gasteiger partial charge on any atom is 0.274 e. The number of carbonyl (C=O) groups excluding carboxylic acids is 2. The predicted octanol–water partition coefficient (Wildman–Crippen LogP) is 2.04. The second-order valence-electron chi connectivity index (χ2n) is 7.29. The number of benzene rings is 1. The highest BCUT2D eigenvalue weighted by atomic mass is 19.3. The third kappa shape index (κ3) is 3.50. The Balaban J connectivity index is 1.66. The first-order valence-corrected chi connectivity index (χ1v) is 9.29. The molecule has 2 amide bonds. The van der Waals surface area contributed by atoms with Crippen LogP contribution in [0.5, 0.6) is 0 Å². The first kappa shape index (κ1) is 20.8. The van der Waals surface area contributed by atoms with Crippen LogP contribution in [-0.2, 0) is 15.1 Å². The van der Waals surface area contributed by atoms with E-state index in [-0.39, 0.29) is 47.6 Å². The molecule has 2 aliphatic heterocycles. The molecule has 0 bridgehead atoms. The number of nitrogens with two attached hydrogens (primary N) is 1. The summed E-state index contributed by atoms with van der Waals surface area (Å²) in [5.41, 5.74) is 4.38. The van der Waals surface area contributed by atoms with Gasteiger partial charge in [-0.1, -0.05) is 0 Å². The Kier molecular flexibility index (Phi) is 5.13. The lowest BCUT2D eigenvalue weighted by Crippen LogP contribution is -2.54. The topological polar surface area (TPSA) is 110 Å². The van der Waals surface area contributed by atoms with Crippen molar-refractivity contribution in [2.24, 2.45) is 16.6 Å². The molecule has 4 rings (SSSR count). The number of rotatable bonds is 4. The summed E-state index contributed by atoms with van der Waals surface area (Å²) in [5, 5.41) is 2.55. The van der Waals surface area contributed by atoms with E-state index < -0.39 is 29.6 Å². The molecular formula is C20H18F3N5O3. The molecule has 1 aromatic carbocycles. The van der Waals surface area contributed by atoms with Gasteiger partial charge < -0.3 is 15.8 Å². The van der Waals surface area contributed by atoms with Crippen molar-refractivity contribution in [1.29, 1.82) is 0 Å². The number of halogens is 3. The number of fused-ring (bicyclic) bond motifs is 1. The van der Waals surface area contributed by atoms with Crippen LogP contribution in [-0.4, -0.2) is 47.9 Å². The lowest BCUT2D eigenvalue weighted by molar-refractivity contribution is -0.133. The Labute approximate surface area is 174 Å². The van der Waals surface area contributed by atoms with Gasteiger partial charge in [-0.3, -0.25) is 19.5 Å². The molecule has 3 N–H and O–H groups in total. The number of nitrogens with one attached hydrogen (secondary N) is 1. The summed E-state index contributed by atoms with van der Waals surface area (Å²) in [4.78, 5) is 34.4. The molecule has 1 aromatic heterocycles. The lowest BCUT2D eigenvalue weighted by atomic mass is 9.78. The number of anilines is 1. The van der Waals surface area contributed by atoms with Gasteiger partial charge in [0.15, 0.2) is 5.96 Å². The van der Waals surface area contributed by atoms with Crippen LogP contribution >= 0.6 is 0 Å². The Morgan fingerprint density at radius 3 is 2.81 bits per heavy atom. The third-order valence-electron chi connectivity index (χ3n) is 5.43. The minimum absolute atomic E-state index is 0.0520. The Morgan fingerprint density at radius 1 is 1.35 bits per heavy atom. The number of alkyl halides is 2. The number of ether oxygens (including phenoxy) is 1. The van der Waals surface area contributed by atoms with Crippen LogP contribution in [0.1, 0.15) is 28.0 Å². The summed E-state index contributed by atoms with van der Waals surface area (Å²) >= 11 is 0. The standard InChI is InChI=1S/C20H18F3N5O3/c1-28-18(30)13-8-31-9-20(13,27-19(28)24)12-6-11(3-4-14(12)21)26-17(29)15-5-2-10(7-25-15)16(22)23/h2-7,13,16H,8-9H2,1H3,(H2,24,27)(H,26,29)/t13-,20+/m0/s1. The SMILES string of the molecule is CN1C(=O)[C@@H]2COC[C@]2(c2cc(NC(=O)c3ccc(C(F)F)cn3)ccc2F)N=C1N. The van der Waals surface area contributed by atoms with Crippen LogP contribution in [0.3, 0.4) is 0 Å². The number of guanidine groups is 1. The highest BCUT2D eigenvalue weighted by molar-refractivity contribution is 6.03. The van der Waals surface area contributed by atoms with Crippen LogP contribution in [0.15, 0.2) is 41.5 Å². The molecule has 162 valence electrons. The number of amides is 2. The van der Waals surface area contributed by atoms with Crippen LogP contribution in [0.4, 0.5) is 18.9 Å². The average molecular weight is 433 g/mol. The van der Waals surface area contributed by atoms with E-state index in [0.717, 1.165) is 18.3 Å². The molecule has 0 unspecified atom stereocenters. The smallest absolute Gasteiger partial charge is 0.274 e. The number of nitrogens with zero attached hydrogens (tertiary/aromatic N) is 3. The Bertz CT molecular complexity index is 1080. The molecular weight excluding hydrogens is 415 g/mol. The predicted molar refractivity (Wildman–Crippen MR) is 104 cm³/mol. The van der Waals surface area contributed by atoms with E-state index in [1.165, 1.54) is 30.1 Å². The van der Waals surface area contributed by atoms with E-state index in [2.05, 4.69) is 15.3 Å². The third-order valence-corrected chi connectivity index (χ3v) is 5.43. The molecule has 31 heavy (non-hydrogen) atoms. The second kappa shape index (κ2) is 7.65. The summed E-state index contributed by atoms with van der Waals surface area (Å²) < 4.78 is 45.6. The zero-order chi connectivity index (χ0) is 22.3. The summed E-state index contributed by atoms with van der Waals surface area (Å²) in [6.45, 7) is -0.000696. The van der Waals surface area contributed by atoms with Gasteiger partial charge in [0.2, 0.25) is 5.91 Å². The highest BCUT2D eigenvalue weighted by Crippen LogP contribution is 2.44. The van der Waals surface area contributed by atoms with Crippen molar-refractivity contribution in [3.8, 4) is 0 Å². The molecule has 8 nitrogen and oxygen atoms in total. The number of hydrogen-bond donors (Lipinski definition) is 2. The number of pyridine rings is 1. The van der Waals surface area contributed by atoms with Gasteiger partial charge in [0.05, 0.1) is 19.1 Å². The van der Waals surface area contributed by atoms with Crippen molar-refractivity contribution >= 4 is 23.5 Å². The van der Waals surface area contributed by atoms with Crippen LogP contribution in [0.2, 0.25) is 0 Å². The molecule has 11 heteroatoms. The van der Waals surface area contributed by atoms with E-state index >= 15 is 0 Å². The fraction of sp³-hybridized carbons (Fsp3) is 0.300. The molecule has 1 saturated heterocycles. The van der Waals surface area contributed by atoms with Crippen molar-refractivity contribution in [1.82, 2.24) is 9.88 Å². The van der Waals surface area contributed by atoms with Crippen LogP contribution in [0, 0.1) is 11.7 Å². The first-order chi connectivity index (χ1) is 14.7. The molecule has 0 radical (unpaired) electrons. The largest absolute Gasteiger partial charge is 0.378 e. The number of carbonyl (C=O) groups is 2. The minimum atomic E-state index is -2.70. The van der Waals surface area contributed by atoms with E-state index in [1.807, 2.05) is 0 Å². The summed E-state index contributed by atoms with van der Waals surface area (Å²) in [7, 11) is 1.47. The molecule has 2 aromatic rings. The summed E-state index contributed by atoms with van der Waals surface area (Å²) in [5.74, 6) is -2.49. The van der Waals surface area contributed by atoms with Crippen molar-refractivity contribution in [3.63, 3.8) is 0 Å². The Hall–Kier alpha value is -3.47. The fourth-order valence-corrected chi connectivity index (χ4v) is 3.71.